The smallest absolute Gasteiger partial charge is 0.254 e. The van der Waals surface area contributed by atoms with Crippen LogP contribution in [-0.4, -0.2) is 17.4 Å². The number of carbonyl (C=O) groups is 1. The Kier molecular flexibility index (Phi) is 8.88. The summed E-state index contributed by atoms with van der Waals surface area (Å²) >= 11 is 7.72. The van der Waals surface area contributed by atoms with Gasteiger partial charge < -0.3 is 9.64 Å². The number of nitrogens with zero attached hydrogens (tertiary/aromatic N) is 1. The molecule has 0 N–H and O–H groups in total. The quantitative estimate of drug-likeness (QED) is 0.207. The number of ether oxygens (including phenoxy) is 1. The van der Waals surface area contributed by atoms with E-state index in [1.807, 2.05) is 90.7 Å². The first-order valence-corrected chi connectivity index (χ1v) is 13.0. The lowest BCUT2D eigenvalue weighted by atomic mass is 10.1. The number of hydrogen-bond donors (Lipinski definition) is 0. The summed E-state index contributed by atoms with van der Waals surface area (Å²) in [6.45, 7) is 3.62. The SMILES string of the molecule is CCOc1ccc(C(=O)N(Cc2ccccc2)Cc2ccccc2)cc1CSc1ccc(Cl)cc1. The molecule has 0 aliphatic rings. The lowest BCUT2D eigenvalue weighted by Gasteiger charge is -2.24. The van der Waals surface area contributed by atoms with E-state index in [0.29, 0.717) is 36.0 Å². The summed E-state index contributed by atoms with van der Waals surface area (Å²) in [6, 6.07) is 33.7. The fourth-order valence-electron chi connectivity index (χ4n) is 3.80. The Morgan fingerprint density at radius 2 is 1.43 bits per heavy atom. The highest BCUT2D eigenvalue weighted by molar-refractivity contribution is 7.98. The Morgan fingerprint density at radius 3 is 2.00 bits per heavy atom. The van der Waals surface area contributed by atoms with Gasteiger partial charge >= 0.3 is 0 Å². The molecule has 178 valence electrons. The molecule has 1 amide bonds. The second-order valence-electron chi connectivity index (χ2n) is 8.13. The number of thioether (sulfide) groups is 1. The van der Waals surface area contributed by atoms with Crippen molar-refractivity contribution in [2.24, 2.45) is 0 Å². The van der Waals surface area contributed by atoms with Gasteiger partial charge in [-0.1, -0.05) is 72.3 Å². The van der Waals surface area contributed by atoms with Gasteiger partial charge in [0.05, 0.1) is 6.61 Å². The molecular formula is C30H28ClNO2S. The standard InChI is InChI=1S/C30H28ClNO2S/c1-2-34-29-18-13-25(19-26(29)22-35-28-16-14-27(31)15-17-28)30(33)32(20-23-9-5-3-6-10-23)21-24-11-7-4-8-12-24/h3-19H,2,20-22H2,1H3. The van der Waals surface area contributed by atoms with Crippen molar-refractivity contribution in [3.05, 3.63) is 130 Å². The molecule has 0 saturated carbocycles. The molecule has 0 atom stereocenters. The van der Waals surface area contributed by atoms with Gasteiger partial charge in [-0.05, 0) is 60.5 Å². The average Bonchev–Trinajstić information content (AvgIpc) is 2.89. The van der Waals surface area contributed by atoms with Crippen LogP contribution in [0.1, 0.15) is 34.0 Å². The topological polar surface area (TPSA) is 29.5 Å². The van der Waals surface area contributed by atoms with Crippen LogP contribution in [0, 0.1) is 0 Å². The zero-order chi connectivity index (χ0) is 24.5. The highest BCUT2D eigenvalue weighted by Crippen LogP contribution is 2.30. The van der Waals surface area contributed by atoms with Crippen LogP contribution in [0.3, 0.4) is 0 Å². The minimum Gasteiger partial charge on any atom is -0.494 e. The minimum atomic E-state index is -0.00139. The number of halogens is 1. The van der Waals surface area contributed by atoms with E-state index in [-0.39, 0.29) is 5.91 Å². The molecule has 0 spiro atoms. The molecule has 4 aromatic carbocycles. The van der Waals surface area contributed by atoms with E-state index in [1.165, 1.54) is 0 Å². The van der Waals surface area contributed by atoms with Crippen LogP contribution in [0.5, 0.6) is 5.75 Å². The van der Waals surface area contributed by atoms with Gasteiger partial charge in [0.15, 0.2) is 0 Å². The maximum Gasteiger partial charge on any atom is 0.254 e. The van der Waals surface area contributed by atoms with Crippen molar-refractivity contribution in [2.75, 3.05) is 6.61 Å². The van der Waals surface area contributed by atoms with Crippen molar-refractivity contribution in [2.45, 2.75) is 30.7 Å². The number of amides is 1. The lowest BCUT2D eigenvalue weighted by molar-refractivity contribution is 0.0730. The molecule has 0 bridgehead atoms. The second-order valence-corrected chi connectivity index (χ2v) is 9.62. The van der Waals surface area contributed by atoms with Gasteiger partial charge in [0.25, 0.3) is 5.91 Å². The fraction of sp³-hybridized carbons (Fsp3) is 0.167. The van der Waals surface area contributed by atoms with Gasteiger partial charge in [-0.2, -0.15) is 0 Å². The average molecular weight is 502 g/mol. The maximum atomic E-state index is 13.8. The van der Waals surface area contributed by atoms with Crippen molar-refractivity contribution in [3.63, 3.8) is 0 Å². The molecule has 4 aromatic rings. The third-order valence-corrected chi connectivity index (χ3v) is 6.85. The van der Waals surface area contributed by atoms with Crippen LogP contribution in [0.4, 0.5) is 0 Å². The van der Waals surface area contributed by atoms with Crippen molar-refractivity contribution < 1.29 is 9.53 Å². The highest BCUT2D eigenvalue weighted by atomic mass is 35.5. The molecule has 0 fully saturated rings. The molecule has 0 unspecified atom stereocenters. The van der Waals surface area contributed by atoms with Crippen LogP contribution in [-0.2, 0) is 18.8 Å². The summed E-state index contributed by atoms with van der Waals surface area (Å²) in [5, 5.41) is 0.717. The Morgan fingerprint density at radius 1 is 0.829 bits per heavy atom. The summed E-state index contributed by atoms with van der Waals surface area (Å²) in [5.41, 5.74) is 3.85. The molecule has 0 aliphatic carbocycles. The summed E-state index contributed by atoms with van der Waals surface area (Å²) in [5.74, 6) is 1.50. The number of hydrogen-bond acceptors (Lipinski definition) is 3. The minimum absolute atomic E-state index is 0.00139. The van der Waals surface area contributed by atoms with Crippen molar-refractivity contribution in [1.82, 2.24) is 4.90 Å². The van der Waals surface area contributed by atoms with E-state index in [0.717, 1.165) is 27.3 Å². The fourth-order valence-corrected chi connectivity index (χ4v) is 4.81. The second kappa shape index (κ2) is 12.5. The van der Waals surface area contributed by atoms with Gasteiger partial charge in [-0.15, -0.1) is 11.8 Å². The molecule has 3 nitrogen and oxygen atoms in total. The van der Waals surface area contributed by atoms with E-state index in [4.69, 9.17) is 16.3 Å². The van der Waals surface area contributed by atoms with Crippen molar-refractivity contribution in [3.8, 4) is 5.75 Å². The molecule has 5 heteroatoms. The summed E-state index contributed by atoms with van der Waals surface area (Å²) in [7, 11) is 0. The van der Waals surface area contributed by atoms with Gasteiger partial charge in [0.2, 0.25) is 0 Å². The number of benzene rings is 4. The first kappa shape index (κ1) is 24.9. The third-order valence-electron chi connectivity index (χ3n) is 5.53. The molecule has 35 heavy (non-hydrogen) atoms. The van der Waals surface area contributed by atoms with E-state index in [9.17, 15) is 4.79 Å². The Balaban J connectivity index is 1.59. The zero-order valence-electron chi connectivity index (χ0n) is 19.7. The molecule has 0 saturated heterocycles. The molecule has 4 rings (SSSR count). The van der Waals surface area contributed by atoms with Crippen LogP contribution in [0.2, 0.25) is 5.02 Å². The Hall–Kier alpha value is -3.21. The first-order valence-electron chi connectivity index (χ1n) is 11.6. The molecule has 0 aliphatic heterocycles. The van der Waals surface area contributed by atoms with E-state index in [1.54, 1.807) is 11.8 Å². The van der Waals surface area contributed by atoms with Crippen LogP contribution in [0.25, 0.3) is 0 Å². The summed E-state index contributed by atoms with van der Waals surface area (Å²) < 4.78 is 5.87. The van der Waals surface area contributed by atoms with Gasteiger partial charge in [-0.25, -0.2) is 0 Å². The predicted molar refractivity (Wildman–Crippen MR) is 145 cm³/mol. The molecular weight excluding hydrogens is 474 g/mol. The lowest BCUT2D eigenvalue weighted by Crippen LogP contribution is -2.30. The van der Waals surface area contributed by atoms with Crippen LogP contribution in [0.15, 0.2) is 108 Å². The Bertz CT molecular complexity index is 1190. The number of rotatable bonds is 10. The maximum absolute atomic E-state index is 13.8. The van der Waals surface area contributed by atoms with Crippen LogP contribution < -0.4 is 4.74 Å². The number of carbonyl (C=O) groups excluding carboxylic acids is 1. The van der Waals surface area contributed by atoms with E-state index < -0.39 is 0 Å². The van der Waals surface area contributed by atoms with E-state index >= 15 is 0 Å². The van der Waals surface area contributed by atoms with Gasteiger partial charge in [-0.3, -0.25) is 4.79 Å². The zero-order valence-corrected chi connectivity index (χ0v) is 21.3. The van der Waals surface area contributed by atoms with Gasteiger partial charge in [0.1, 0.15) is 5.75 Å². The molecule has 0 heterocycles. The van der Waals surface area contributed by atoms with Crippen LogP contribution >= 0.6 is 23.4 Å². The monoisotopic (exact) mass is 501 g/mol. The molecule has 0 aromatic heterocycles. The Labute approximate surface area is 216 Å². The third kappa shape index (κ3) is 7.14. The molecule has 0 radical (unpaired) electrons. The summed E-state index contributed by atoms with van der Waals surface area (Å²) in [4.78, 5) is 16.8. The highest BCUT2D eigenvalue weighted by Gasteiger charge is 2.19. The largest absolute Gasteiger partial charge is 0.494 e. The summed E-state index contributed by atoms with van der Waals surface area (Å²) in [6.07, 6.45) is 0. The van der Waals surface area contributed by atoms with E-state index in [2.05, 4.69) is 24.3 Å². The van der Waals surface area contributed by atoms with Crippen molar-refractivity contribution >= 4 is 29.3 Å². The predicted octanol–water partition coefficient (Wildman–Crippen LogP) is 7.87. The normalized spacial score (nSPS) is 10.7. The van der Waals surface area contributed by atoms with Crippen molar-refractivity contribution in [1.29, 1.82) is 0 Å². The first-order chi connectivity index (χ1) is 17.1. The van der Waals surface area contributed by atoms with Gasteiger partial charge in [0, 0.05) is 39.9 Å².